The number of likely N-dealkylation sites (N-methyl/N-ethyl adjacent to an activating group) is 1. The van der Waals surface area contributed by atoms with E-state index in [2.05, 4.69) is 17.3 Å². The first-order valence-electron chi connectivity index (χ1n) is 8.69. The Balaban J connectivity index is 1.41. The van der Waals surface area contributed by atoms with E-state index in [1.807, 2.05) is 30.3 Å². The number of hydrogen-bond acceptors (Lipinski definition) is 2. The minimum absolute atomic E-state index is 0.115. The van der Waals surface area contributed by atoms with Gasteiger partial charge in [-0.3, -0.25) is 9.69 Å². The lowest BCUT2D eigenvalue weighted by molar-refractivity contribution is -0.123. The highest BCUT2D eigenvalue weighted by atomic mass is 16.2. The molecular weight excluding hydrogens is 272 g/mol. The van der Waals surface area contributed by atoms with E-state index in [1.165, 1.54) is 38.5 Å². The first kappa shape index (κ1) is 14.3. The first-order valence-corrected chi connectivity index (χ1v) is 8.69. The molecule has 0 spiro atoms. The van der Waals surface area contributed by atoms with Gasteiger partial charge in [0.25, 0.3) is 0 Å². The van der Waals surface area contributed by atoms with Crippen LogP contribution < -0.4 is 5.32 Å². The molecule has 0 heterocycles. The molecular formula is C19H26N2O. The van der Waals surface area contributed by atoms with Crippen LogP contribution in [0.15, 0.2) is 30.3 Å². The van der Waals surface area contributed by atoms with Crippen LogP contribution in [-0.4, -0.2) is 29.9 Å². The molecule has 3 heteroatoms. The number of para-hydroxylation sites is 1. The first-order chi connectivity index (χ1) is 10.6. The summed E-state index contributed by atoms with van der Waals surface area (Å²) >= 11 is 0. The maximum Gasteiger partial charge on any atom is 0.238 e. The van der Waals surface area contributed by atoms with Gasteiger partial charge in [-0.1, -0.05) is 18.2 Å². The van der Waals surface area contributed by atoms with Crippen molar-refractivity contribution in [1.82, 2.24) is 4.90 Å². The molecule has 0 radical (unpaired) electrons. The molecule has 4 aliphatic carbocycles. The Kier molecular flexibility index (Phi) is 3.48. The van der Waals surface area contributed by atoms with Crippen LogP contribution in [0.1, 0.15) is 38.5 Å². The summed E-state index contributed by atoms with van der Waals surface area (Å²) in [7, 11) is 2.16. The Hall–Kier alpha value is -1.35. The molecule has 1 aromatic carbocycles. The summed E-state index contributed by atoms with van der Waals surface area (Å²) in [5.41, 5.74) is 1.20. The number of benzene rings is 1. The number of nitrogens with one attached hydrogen (secondary N) is 1. The summed E-state index contributed by atoms with van der Waals surface area (Å²) in [5.74, 6) is 2.88. The van der Waals surface area contributed by atoms with Crippen molar-refractivity contribution in [3.8, 4) is 0 Å². The number of carbonyl (C=O) groups excluding carboxylic acids is 1. The molecule has 0 unspecified atom stereocenters. The van der Waals surface area contributed by atoms with Crippen LogP contribution >= 0.6 is 0 Å². The number of amides is 1. The highest BCUT2D eigenvalue weighted by Crippen LogP contribution is 2.57. The topological polar surface area (TPSA) is 32.3 Å². The Bertz CT molecular complexity index is 519. The molecule has 0 atom stereocenters. The van der Waals surface area contributed by atoms with Gasteiger partial charge in [0, 0.05) is 11.2 Å². The Morgan fingerprint density at radius 1 is 1.09 bits per heavy atom. The SMILES string of the molecule is CN(CC(=O)Nc1ccccc1)C12CC3CC(CC(C3)C1)C2. The molecule has 4 saturated carbocycles. The van der Waals surface area contributed by atoms with Crippen LogP contribution in [-0.2, 0) is 4.79 Å². The van der Waals surface area contributed by atoms with Crippen molar-refractivity contribution in [2.75, 3.05) is 18.9 Å². The van der Waals surface area contributed by atoms with Gasteiger partial charge < -0.3 is 5.32 Å². The normalized spacial score (nSPS) is 35.8. The number of hydrogen-bond donors (Lipinski definition) is 1. The molecule has 0 aromatic heterocycles. The zero-order valence-electron chi connectivity index (χ0n) is 13.4. The molecule has 118 valence electrons. The number of anilines is 1. The predicted octanol–water partition coefficient (Wildman–Crippen LogP) is 3.53. The molecule has 1 N–H and O–H groups in total. The lowest BCUT2D eigenvalue weighted by Crippen LogP contribution is -2.59. The van der Waals surface area contributed by atoms with E-state index in [0.29, 0.717) is 12.1 Å². The molecule has 1 amide bonds. The Morgan fingerprint density at radius 2 is 1.64 bits per heavy atom. The Labute approximate surface area is 133 Å². The number of nitrogens with zero attached hydrogens (tertiary/aromatic N) is 1. The summed E-state index contributed by atoms with van der Waals surface area (Å²) < 4.78 is 0. The van der Waals surface area contributed by atoms with E-state index in [1.54, 1.807) is 0 Å². The monoisotopic (exact) mass is 298 g/mol. The van der Waals surface area contributed by atoms with Gasteiger partial charge in [-0.05, 0) is 75.5 Å². The second-order valence-corrected chi connectivity index (χ2v) is 7.91. The van der Waals surface area contributed by atoms with Crippen molar-refractivity contribution in [1.29, 1.82) is 0 Å². The summed E-state index contributed by atoms with van der Waals surface area (Å²) in [5, 5.41) is 3.02. The maximum absolute atomic E-state index is 12.4. The average molecular weight is 298 g/mol. The van der Waals surface area contributed by atoms with Gasteiger partial charge in [-0.25, -0.2) is 0 Å². The third kappa shape index (κ3) is 2.56. The van der Waals surface area contributed by atoms with Crippen LogP contribution in [0.3, 0.4) is 0 Å². The zero-order chi connectivity index (χ0) is 15.2. The summed E-state index contributed by atoms with van der Waals surface area (Å²) in [6, 6.07) is 9.78. The van der Waals surface area contributed by atoms with Crippen molar-refractivity contribution >= 4 is 11.6 Å². The molecule has 0 saturated heterocycles. The van der Waals surface area contributed by atoms with Crippen molar-refractivity contribution in [3.63, 3.8) is 0 Å². The van der Waals surface area contributed by atoms with Crippen LogP contribution in [0.2, 0.25) is 0 Å². The molecule has 5 rings (SSSR count). The molecule has 4 aliphatic rings. The lowest BCUT2D eigenvalue weighted by atomic mass is 9.52. The van der Waals surface area contributed by atoms with E-state index in [4.69, 9.17) is 0 Å². The van der Waals surface area contributed by atoms with E-state index in [9.17, 15) is 4.79 Å². The quantitative estimate of drug-likeness (QED) is 0.922. The van der Waals surface area contributed by atoms with Crippen molar-refractivity contribution in [2.24, 2.45) is 17.8 Å². The maximum atomic E-state index is 12.4. The van der Waals surface area contributed by atoms with Crippen LogP contribution in [0.25, 0.3) is 0 Å². The van der Waals surface area contributed by atoms with Crippen molar-refractivity contribution in [2.45, 2.75) is 44.1 Å². The Morgan fingerprint density at radius 3 is 2.18 bits per heavy atom. The largest absolute Gasteiger partial charge is 0.325 e. The zero-order valence-corrected chi connectivity index (χ0v) is 13.4. The molecule has 4 fully saturated rings. The van der Waals surface area contributed by atoms with Crippen LogP contribution in [0.4, 0.5) is 5.69 Å². The lowest BCUT2D eigenvalue weighted by Gasteiger charge is -2.59. The molecule has 4 bridgehead atoms. The van der Waals surface area contributed by atoms with Gasteiger partial charge >= 0.3 is 0 Å². The number of carbonyl (C=O) groups is 1. The van der Waals surface area contributed by atoms with E-state index < -0.39 is 0 Å². The van der Waals surface area contributed by atoms with Crippen molar-refractivity contribution in [3.05, 3.63) is 30.3 Å². The van der Waals surface area contributed by atoms with E-state index in [0.717, 1.165) is 23.4 Å². The van der Waals surface area contributed by atoms with Gasteiger partial charge in [-0.15, -0.1) is 0 Å². The number of rotatable bonds is 4. The molecule has 22 heavy (non-hydrogen) atoms. The molecule has 1 aromatic rings. The fourth-order valence-corrected chi connectivity index (χ4v) is 5.64. The average Bonchev–Trinajstić information content (AvgIpc) is 2.46. The van der Waals surface area contributed by atoms with E-state index in [-0.39, 0.29) is 5.91 Å². The fraction of sp³-hybridized carbons (Fsp3) is 0.632. The molecule has 0 aliphatic heterocycles. The third-order valence-electron chi connectivity index (χ3n) is 6.25. The minimum Gasteiger partial charge on any atom is -0.325 e. The summed E-state index contributed by atoms with van der Waals surface area (Å²) in [6.07, 6.45) is 8.28. The predicted molar refractivity (Wildman–Crippen MR) is 88.6 cm³/mol. The van der Waals surface area contributed by atoms with Gasteiger partial charge in [0.1, 0.15) is 0 Å². The summed E-state index contributed by atoms with van der Waals surface area (Å²) in [4.78, 5) is 14.7. The summed E-state index contributed by atoms with van der Waals surface area (Å²) in [6.45, 7) is 0.515. The highest BCUT2D eigenvalue weighted by Gasteiger charge is 2.52. The van der Waals surface area contributed by atoms with Crippen LogP contribution in [0.5, 0.6) is 0 Å². The van der Waals surface area contributed by atoms with Gasteiger partial charge in [0.2, 0.25) is 5.91 Å². The standard InChI is InChI=1S/C19H26N2O/c1-21(13-18(22)20-17-5-3-2-4-6-17)19-10-14-7-15(11-19)9-16(8-14)12-19/h2-6,14-16H,7-13H2,1H3,(H,20,22). The van der Waals surface area contributed by atoms with Gasteiger partial charge in [0.15, 0.2) is 0 Å². The fourth-order valence-electron chi connectivity index (χ4n) is 5.64. The minimum atomic E-state index is 0.115. The third-order valence-corrected chi connectivity index (χ3v) is 6.25. The van der Waals surface area contributed by atoms with Crippen LogP contribution in [0, 0.1) is 17.8 Å². The second kappa shape index (κ2) is 5.38. The smallest absolute Gasteiger partial charge is 0.238 e. The van der Waals surface area contributed by atoms with Gasteiger partial charge in [0.05, 0.1) is 6.54 Å². The van der Waals surface area contributed by atoms with Gasteiger partial charge in [-0.2, -0.15) is 0 Å². The second-order valence-electron chi connectivity index (χ2n) is 7.91. The highest BCUT2D eigenvalue weighted by molar-refractivity contribution is 5.92. The van der Waals surface area contributed by atoms with E-state index >= 15 is 0 Å². The molecule has 3 nitrogen and oxygen atoms in total. The van der Waals surface area contributed by atoms with Crippen molar-refractivity contribution < 1.29 is 4.79 Å².